The molecule has 1 aliphatic rings. The molecule has 0 aliphatic heterocycles. The fourth-order valence-electron chi connectivity index (χ4n) is 2.23. The van der Waals surface area contributed by atoms with Crippen LogP contribution in [0.2, 0.25) is 0 Å². The average Bonchev–Trinajstić information content (AvgIpc) is 2.86. The molecule has 0 spiro atoms. The van der Waals surface area contributed by atoms with Crippen LogP contribution in [0.4, 0.5) is 5.13 Å². The smallest absolute Gasteiger partial charge is 0.185 e. The fourth-order valence-corrected chi connectivity index (χ4v) is 3.43. The highest BCUT2D eigenvalue weighted by atomic mass is 32.1. The summed E-state index contributed by atoms with van der Waals surface area (Å²) >= 11 is 1.69. The first-order valence-corrected chi connectivity index (χ1v) is 6.60. The number of hydrogen-bond donors (Lipinski definition) is 0. The standard InChI is InChI=1S/C12H18N2OS/c1-8(15)10-11(9-6-4-5-7-9)16-12(13-10)14(2)3/h9H,4-7H2,1-3H3. The summed E-state index contributed by atoms with van der Waals surface area (Å²) in [6.45, 7) is 1.62. The van der Waals surface area contributed by atoms with Gasteiger partial charge in [0.05, 0.1) is 0 Å². The third-order valence-electron chi connectivity index (χ3n) is 3.08. The molecule has 0 saturated heterocycles. The van der Waals surface area contributed by atoms with Gasteiger partial charge in [-0.05, 0) is 18.8 Å². The fraction of sp³-hybridized carbons (Fsp3) is 0.667. The minimum Gasteiger partial charge on any atom is -0.354 e. The molecular weight excluding hydrogens is 220 g/mol. The second-order valence-corrected chi connectivity index (χ2v) is 5.65. The quantitative estimate of drug-likeness (QED) is 0.759. The van der Waals surface area contributed by atoms with Crippen LogP contribution >= 0.6 is 11.3 Å². The number of hydrogen-bond acceptors (Lipinski definition) is 4. The maximum absolute atomic E-state index is 11.6. The zero-order chi connectivity index (χ0) is 11.7. The van der Waals surface area contributed by atoms with Gasteiger partial charge >= 0.3 is 0 Å². The van der Waals surface area contributed by atoms with Gasteiger partial charge in [0.1, 0.15) is 5.69 Å². The van der Waals surface area contributed by atoms with Gasteiger partial charge in [0.25, 0.3) is 0 Å². The number of nitrogens with zero attached hydrogens (tertiary/aromatic N) is 2. The maximum atomic E-state index is 11.6. The molecule has 0 N–H and O–H groups in total. The van der Waals surface area contributed by atoms with Crippen molar-refractivity contribution in [2.75, 3.05) is 19.0 Å². The number of carbonyl (C=O) groups excluding carboxylic acids is 1. The van der Waals surface area contributed by atoms with Crippen molar-refractivity contribution in [3.8, 4) is 0 Å². The second-order valence-electron chi connectivity index (χ2n) is 4.64. The highest BCUT2D eigenvalue weighted by Gasteiger charge is 2.25. The van der Waals surface area contributed by atoms with E-state index in [9.17, 15) is 4.79 Å². The van der Waals surface area contributed by atoms with Crippen LogP contribution in [0, 0.1) is 0 Å². The Hall–Kier alpha value is -0.900. The summed E-state index contributed by atoms with van der Waals surface area (Å²) in [4.78, 5) is 19.2. The Morgan fingerprint density at radius 2 is 2.00 bits per heavy atom. The number of thiazole rings is 1. The molecule has 0 bridgehead atoms. The molecule has 0 amide bonds. The van der Waals surface area contributed by atoms with Crippen molar-refractivity contribution in [3.05, 3.63) is 10.6 Å². The summed E-state index contributed by atoms with van der Waals surface area (Å²) in [5.41, 5.74) is 0.709. The van der Waals surface area contributed by atoms with E-state index in [1.807, 2.05) is 19.0 Å². The molecule has 4 heteroatoms. The number of Topliss-reactive ketones (excluding diaryl/α,β-unsaturated/α-hetero) is 1. The predicted octanol–water partition coefficient (Wildman–Crippen LogP) is 3.07. The normalized spacial score (nSPS) is 16.7. The van der Waals surface area contributed by atoms with E-state index < -0.39 is 0 Å². The van der Waals surface area contributed by atoms with Gasteiger partial charge in [-0.1, -0.05) is 12.8 Å². The highest BCUT2D eigenvalue weighted by molar-refractivity contribution is 7.16. The van der Waals surface area contributed by atoms with Gasteiger partial charge in [-0.25, -0.2) is 4.98 Å². The second kappa shape index (κ2) is 4.53. The van der Waals surface area contributed by atoms with E-state index in [2.05, 4.69) is 4.98 Å². The zero-order valence-corrected chi connectivity index (χ0v) is 10.9. The molecule has 2 rings (SSSR count). The lowest BCUT2D eigenvalue weighted by Crippen LogP contribution is -2.08. The molecule has 0 aromatic carbocycles. The van der Waals surface area contributed by atoms with Gasteiger partial charge in [-0.2, -0.15) is 0 Å². The van der Waals surface area contributed by atoms with Crippen LogP contribution in [0.1, 0.15) is 53.9 Å². The molecule has 0 radical (unpaired) electrons. The van der Waals surface area contributed by atoms with E-state index >= 15 is 0 Å². The summed E-state index contributed by atoms with van der Waals surface area (Å²) in [6.07, 6.45) is 5.01. The van der Waals surface area contributed by atoms with Gasteiger partial charge in [-0.3, -0.25) is 4.79 Å². The van der Waals surface area contributed by atoms with Crippen molar-refractivity contribution >= 4 is 22.3 Å². The topological polar surface area (TPSA) is 33.2 Å². The van der Waals surface area contributed by atoms with Crippen molar-refractivity contribution in [3.63, 3.8) is 0 Å². The number of carbonyl (C=O) groups is 1. The van der Waals surface area contributed by atoms with Crippen molar-refractivity contribution in [1.29, 1.82) is 0 Å². The van der Waals surface area contributed by atoms with E-state index in [1.54, 1.807) is 18.3 Å². The minimum atomic E-state index is 0.103. The molecule has 1 fully saturated rings. The Bertz CT molecular complexity index is 392. The van der Waals surface area contributed by atoms with E-state index in [0.29, 0.717) is 11.6 Å². The number of aromatic nitrogens is 1. The molecule has 1 aliphatic carbocycles. The van der Waals surface area contributed by atoms with Crippen LogP contribution in [0.15, 0.2) is 0 Å². The molecule has 3 nitrogen and oxygen atoms in total. The molecule has 1 aromatic heterocycles. The van der Waals surface area contributed by atoms with E-state index in [0.717, 1.165) is 5.13 Å². The Labute approximate surface area is 100 Å². The summed E-state index contributed by atoms with van der Waals surface area (Å²) in [5, 5.41) is 0.951. The van der Waals surface area contributed by atoms with E-state index in [1.165, 1.54) is 30.6 Å². The highest BCUT2D eigenvalue weighted by Crippen LogP contribution is 2.40. The van der Waals surface area contributed by atoms with Gasteiger partial charge in [0, 0.05) is 25.9 Å². The Morgan fingerprint density at radius 1 is 1.38 bits per heavy atom. The lowest BCUT2D eigenvalue weighted by atomic mass is 10.0. The SMILES string of the molecule is CC(=O)c1nc(N(C)C)sc1C1CCCC1. The predicted molar refractivity (Wildman–Crippen MR) is 67.7 cm³/mol. The third-order valence-corrected chi connectivity index (χ3v) is 4.47. The van der Waals surface area contributed by atoms with E-state index in [-0.39, 0.29) is 5.78 Å². The van der Waals surface area contributed by atoms with Gasteiger partial charge in [0.2, 0.25) is 0 Å². The third kappa shape index (κ3) is 2.12. The Balaban J connectivity index is 2.37. The molecule has 1 heterocycles. The largest absolute Gasteiger partial charge is 0.354 e. The summed E-state index contributed by atoms with van der Waals surface area (Å²) in [7, 11) is 3.95. The van der Waals surface area contributed by atoms with Crippen LogP contribution in [0.5, 0.6) is 0 Å². The molecular formula is C12H18N2OS. The zero-order valence-electron chi connectivity index (χ0n) is 10.1. The molecule has 16 heavy (non-hydrogen) atoms. The first kappa shape index (κ1) is 11.6. The maximum Gasteiger partial charge on any atom is 0.185 e. The average molecular weight is 238 g/mol. The summed E-state index contributed by atoms with van der Waals surface area (Å²) in [5.74, 6) is 0.677. The number of ketones is 1. The van der Waals surface area contributed by atoms with Gasteiger partial charge in [0.15, 0.2) is 10.9 Å². The minimum absolute atomic E-state index is 0.103. The molecule has 1 aromatic rings. The first-order chi connectivity index (χ1) is 7.59. The summed E-state index contributed by atoms with van der Waals surface area (Å²) < 4.78 is 0. The van der Waals surface area contributed by atoms with Crippen molar-refractivity contribution in [1.82, 2.24) is 4.98 Å². The van der Waals surface area contributed by atoms with Crippen LogP contribution in [-0.4, -0.2) is 24.9 Å². The molecule has 1 saturated carbocycles. The van der Waals surface area contributed by atoms with Gasteiger partial charge < -0.3 is 4.90 Å². The van der Waals surface area contributed by atoms with Gasteiger partial charge in [-0.15, -0.1) is 11.3 Å². The van der Waals surface area contributed by atoms with Crippen LogP contribution in [0.25, 0.3) is 0 Å². The van der Waals surface area contributed by atoms with Crippen molar-refractivity contribution < 1.29 is 4.79 Å². The van der Waals surface area contributed by atoms with Crippen LogP contribution in [-0.2, 0) is 0 Å². The van der Waals surface area contributed by atoms with Crippen LogP contribution in [0.3, 0.4) is 0 Å². The first-order valence-electron chi connectivity index (χ1n) is 5.78. The Kier molecular flexibility index (Phi) is 3.28. The lowest BCUT2D eigenvalue weighted by Gasteiger charge is -2.07. The molecule has 0 unspecified atom stereocenters. The number of anilines is 1. The molecule has 0 atom stereocenters. The van der Waals surface area contributed by atoms with Crippen molar-refractivity contribution in [2.24, 2.45) is 0 Å². The molecule has 88 valence electrons. The Morgan fingerprint density at radius 3 is 2.50 bits per heavy atom. The number of rotatable bonds is 3. The summed E-state index contributed by atoms with van der Waals surface area (Å²) in [6, 6.07) is 0. The van der Waals surface area contributed by atoms with Crippen LogP contribution < -0.4 is 4.90 Å². The lowest BCUT2D eigenvalue weighted by molar-refractivity contribution is 0.101. The monoisotopic (exact) mass is 238 g/mol. The van der Waals surface area contributed by atoms with E-state index in [4.69, 9.17) is 0 Å². The van der Waals surface area contributed by atoms with Crippen molar-refractivity contribution in [2.45, 2.75) is 38.5 Å².